The molecule has 1 aromatic carbocycles. The lowest BCUT2D eigenvalue weighted by atomic mass is 10.0. The van der Waals surface area contributed by atoms with Crippen molar-refractivity contribution in [1.82, 2.24) is 20.1 Å². The van der Waals surface area contributed by atoms with Gasteiger partial charge in [-0.25, -0.2) is 4.98 Å². The Labute approximate surface area is 214 Å². The molecule has 0 saturated heterocycles. The van der Waals surface area contributed by atoms with Gasteiger partial charge in [0, 0.05) is 37.2 Å². The summed E-state index contributed by atoms with van der Waals surface area (Å²) in [7, 11) is 0. The summed E-state index contributed by atoms with van der Waals surface area (Å²) in [5, 5.41) is 8.33. The number of hydrogen-bond acceptors (Lipinski definition) is 7. The Hall–Kier alpha value is -3.46. The van der Waals surface area contributed by atoms with E-state index in [4.69, 9.17) is 9.72 Å². The number of allylic oxidation sites excluding steroid dienone is 1. The number of aromatic nitrogens is 3. The molecule has 1 aliphatic carbocycles. The number of amides is 1. The number of aryl methyl sites for hydroxylation is 1. The zero-order valence-corrected chi connectivity index (χ0v) is 21.1. The van der Waals surface area contributed by atoms with Gasteiger partial charge in [-0.05, 0) is 55.4 Å². The van der Waals surface area contributed by atoms with E-state index in [1.165, 1.54) is 11.3 Å². The first kappa shape index (κ1) is 23.0. The maximum absolute atomic E-state index is 12.4. The van der Waals surface area contributed by atoms with E-state index in [1.54, 1.807) is 0 Å². The molecule has 1 atom stereocenters. The lowest BCUT2D eigenvalue weighted by molar-refractivity contribution is -0.115. The molecule has 0 bridgehead atoms. The van der Waals surface area contributed by atoms with E-state index in [9.17, 15) is 9.59 Å². The first-order chi connectivity index (χ1) is 17.5. The van der Waals surface area contributed by atoms with E-state index < -0.39 is 0 Å². The molecule has 0 spiro atoms. The van der Waals surface area contributed by atoms with Crippen LogP contribution in [0.5, 0.6) is 5.75 Å². The molecule has 6 rings (SSSR count). The predicted octanol–water partition coefficient (Wildman–Crippen LogP) is 4.53. The second-order valence-corrected chi connectivity index (χ2v) is 10.8. The van der Waals surface area contributed by atoms with Gasteiger partial charge in [0.15, 0.2) is 10.9 Å². The smallest absolute Gasteiger partial charge is 0.263 e. The number of rotatable bonds is 8. The van der Waals surface area contributed by atoms with Crippen LogP contribution in [-0.2, 0) is 17.8 Å². The van der Waals surface area contributed by atoms with Crippen LogP contribution in [0.25, 0.3) is 11.1 Å². The molecular weight excluding hydrogens is 474 g/mol. The maximum Gasteiger partial charge on any atom is 0.263 e. The highest BCUT2D eigenvalue weighted by molar-refractivity contribution is 7.17. The van der Waals surface area contributed by atoms with Crippen LogP contribution < -0.4 is 15.0 Å². The number of anilines is 2. The Morgan fingerprint density at radius 2 is 2.17 bits per heavy atom. The third-order valence-corrected chi connectivity index (χ3v) is 8.13. The van der Waals surface area contributed by atoms with Crippen molar-refractivity contribution in [2.75, 3.05) is 18.1 Å². The van der Waals surface area contributed by atoms with Crippen LogP contribution in [0.1, 0.15) is 48.0 Å². The Morgan fingerprint density at radius 3 is 3.00 bits per heavy atom. The minimum atomic E-state index is -0.0410. The number of carbonyl (C=O) groups excluding carboxylic acids is 2. The van der Waals surface area contributed by atoms with Crippen molar-refractivity contribution in [3.63, 3.8) is 0 Å². The van der Waals surface area contributed by atoms with Gasteiger partial charge in [-0.2, -0.15) is 5.10 Å². The number of carbonyl (C=O) groups is 2. The standard InChI is InChI=1S/C27H29N5O3S/c1-16-12-21-25(26(34)29-16)36-27(30-21)32-10-11-35-24-8-7-19(13-22(24)32)20-14-28-31(15-20)9-3-4-23(33)17(2)18-5-6-18/h7-8,13-16,18H,2-6,9-12H2,1H3,(H,29,34). The normalized spacial score (nSPS) is 18.8. The van der Waals surface area contributed by atoms with Crippen molar-refractivity contribution in [3.8, 4) is 16.9 Å². The van der Waals surface area contributed by atoms with Gasteiger partial charge in [0.05, 0.1) is 24.1 Å². The van der Waals surface area contributed by atoms with E-state index in [0.29, 0.717) is 36.9 Å². The number of fused-ring (bicyclic) bond motifs is 2. The van der Waals surface area contributed by atoms with Crippen LogP contribution in [0.4, 0.5) is 10.8 Å². The number of hydrogen-bond donors (Lipinski definition) is 1. The van der Waals surface area contributed by atoms with Crippen molar-refractivity contribution in [1.29, 1.82) is 0 Å². The molecule has 186 valence electrons. The molecule has 2 aliphatic heterocycles. The summed E-state index contributed by atoms with van der Waals surface area (Å²) < 4.78 is 7.82. The Balaban J connectivity index is 1.19. The fourth-order valence-corrected chi connectivity index (χ4v) is 5.89. The minimum absolute atomic E-state index is 0.0410. The Kier molecular flexibility index (Phi) is 5.87. The molecule has 36 heavy (non-hydrogen) atoms. The molecule has 1 saturated carbocycles. The molecule has 0 radical (unpaired) electrons. The third-order valence-electron chi connectivity index (χ3n) is 7.01. The van der Waals surface area contributed by atoms with Crippen molar-refractivity contribution >= 4 is 33.8 Å². The number of nitrogens with one attached hydrogen (secondary N) is 1. The highest BCUT2D eigenvalue weighted by atomic mass is 32.1. The number of Topliss-reactive ketones (excluding diaryl/α,β-unsaturated/α-hetero) is 1. The molecule has 4 heterocycles. The van der Waals surface area contributed by atoms with Crippen molar-refractivity contribution in [2.45, 2.75) is 51.6 Å². The summed E-state index contributed by atoms with van der Waals surface area (Å²) >= 11 is 1.44. The van der Waals surface area contributed by atoms with E-state index >= 15 is 0 Å². The van der Waals surface area contributed by atoms with Crippen molar-refractivity contribution in [3.05, 3.63) is 53.3 Å². The van der Waals surface area contributed by atoms with Crippen LogP contribution in [-0.4, -0.2) is 45.6 Å². The van der Waals surface area contributed by atoms with E-state index in [0.717, 1.165) is 64.6 Å². The summed E-state index contributed by atoms with van der Waals surface area (Å²) in [4.78, 5) is 32.4. The summed E-state index contributed by atoms with van der Waals surface area (Å²) in [6.45, 7) is 7.88. The minimum Gasteiger partial charge on any atom is -0.490 e. The number of thiazole rings is 1. The molecule has 1 unspecified atom stereocenters. The number of ether oxygens (including phenoxy) is 1. The topological polar surface area (TPSA) is 89.4 Å². The van der Waals surface area contributed by atoms with Gasteiger partial charge in [-0.3, -0.25) is 14.3 Å². The lowest BCUT2D eigenvalue weighted by Crippen LogP contribution is -2.38. The summed E-state index contributed by atoms with van der Waals surface area (Å²) in [6, 6.07) is 6.21. The number of nitrogens with zero attached hydrogens (tertiary/aromatic N) is 4. The molecule has 8 nitrogen and oxygen atoms in total. The van der Waals surface area contributed by atoms with Gasteiger partial charge in [0.25, 0.3) is 5.91 Å². The SMILES string of the molecule is C=C(C(=O)CCCn1cc(-c2ccc3c(c2)N(c2nc4c(s2)C(=O)NC(C)C4)CCO3)cn1)C1CC1. The first-order valence-electron chi connectivity index (χ1n) is 12.6. The Morgan fingerprint density at radius 1 is 1.31 bits per heavy atom. The largest absolute Gasteiger partial charge is 0.490 e. The lowest BCUT2D eigenvalue weighted by Gasteiger charge is -2.29. The molecule has 3 aromatic rings. The zero-order valence-electron chi connectivity index (χ0n) is 20.3. The predicted molar refractivity (Wildman–Crippen MR) is 139 cm³/mol. The number of ketones is 1. The van der Waals surface area contributed by atoms with Crippen LogP contribution in [0.15, 0.2) is 42.7 Å². The molecule has 9 heteroatoms. The van der Waals surface area contributed by atoms with E-state index in [2.05, 4.69) is 28.0 Å². The number of benzene rings is 1. The highest BCUT2D eigenvalue weighted by Gasteiger charge is 2.30. The van der Waals surface area contributed by atoms with Crippen molar-refractivity contribution < 1.29 is 14.3 Å². The van der Waals surface area contributed by atoms with Gasteiger partial charge in [0.1, 0.15) is 17.2 Å². The second-order valence-electron chi connectivity index (χ2n) is 9.85. The summed E-state index contributed by atoms with van der Waals surface area (Å²) in [5.74, 6) is 1.38. The van der Waals surface area contributed by atoms with Gasteiger partial charge < -0.3 is 15.0 Å². The second kappa shape index (κ2) is 9.20. The zero-order chi connectivity index (χ0) is 24.8. The molecule has 1 fully saturated rings. The van der Waals surface area contributed by atoms with Gasteiger partial charge >= 0.3 is 0 Å². The quantitative estimate of drug-likeness (QED) is 0.455. The third kappa shape index (κ3) is 4.43. The maximum atomic E-state index is 12.4. The fraction of sp³-hybridized carbons (Fsp3) is 0.407. The fourth-order valence-electron chi connectivity index (χ4n) is 4.85. The average molecular weight is 504 g/mol. The van der Waals surface area contributed by atoms with Gasteiger partial charge in [-0.15, -0.1) is 0 Å². The van der Waals surface area contributed by atoms with Gasteiger partial charge in [-0.1, -0.05) is 24.0 Å². The van der Waals surface area contributed by atoms with Crippen LogP contribution in [0.3, 0.4) is 0 Å². The first-order valence-corrected chi connectivity index (χ1v) is 13.4. The monoisotopic (exact) mass is 503 g/mol. The van der Waals surface area contributed by atoms with Crippen molar-refractivity contribution in [2.24, 2.45) is 5.92 Å². The van der Waals surface area contributed by atoms with E-state index in [-0.39, 0.29) is 17.7 Å². The summed E-state index contributed by atoms with van der Waals surface area (Å²) in [6.07, 6.45) is 8.10. The molecular formula is C27H29N5O3S. The molecule has 2 aromatic heterocycles. The van der Waals surface area contributed by atoms with Crippen LogP contribution >= 0.6 is 11.3 Å². The molecule has 1 amide bonds. The highest BCUT2D eigenvalue weighted by Crippen LogP contribution is 2.42. The van der Waals surface area contributed by atoms with Gasteiger partial charge in [0.2, 0.25) is 0 Å². The molecule has 3 aliphatic rings. The van der Waals surface area contributed by atoms with E-state index in [1.807, 2.05) is 36.1 Å². The Bertz CT molecular complexity index is 1360. The average Bonchev–Trinajstić information content (AvgIpc) is 3.46. The van der Waals surface area contributed by atoms with Crippen LogP contribution in [0.2, 0.25) is 0 Å². The summed E-state index contributed by atoms with van der Waals surface area (Å²) in [5.41, 5.74) is 4.64. The molecule has 1 N–H and O–H groups in total. The van der Waals surface area contributed by atoms with Crippen LogP contribution in [0, 0.1) is 5.92 Å².